The highest BCUT2D eigenvalue weighted by Crippen LogP contribution is 2.22. The molecule has 0 radical (unpaired) electrons. The topological polar surface area (TPSA) is 38.5 Å². The Balaban J connectivity index is 2.21. The lowest BCUT2D eigenvalue weighted by Gasteiger charge is -2.23. The number of hydrogen-bond donors (Lipinski definition) is 1. The molecule has 100 valence electrons. The van der Waals surface area contributed by atoms with Crippen molar-refractivity contribution in [2.75, 3.05) is 24.3 Å². The second-order valence-electron chi connectivity index (χ2n) is 4.46. The molecule has 2 rings (SSSR count). The van der Waals surface area contributed by atoms with E-state index in [9.17, 15) is 0 Å². The van der Waals surface area contributed by atoms with Crippen LogP contribution in [0.15, 0.2) is 48.5 Å². The predicted molar refractivity (Wildman–Crippen MR) is 80.6 cm³/mol. The Morgan fingerprint density at radius 2 is 1.84 bits per heavy atom. The van der Waals surface area contributed by atoms with Crippen LogP contribution in [0.4, 0.5) is 11.4 Å². The van der Waals surface area contributed by atoms with Crippen LogP contribution in [0.2, 0.25) is 0 Å². The molecule has 0 heterocycles. The summed E-state index contributed by atoms with van der Waals surface area (Å²) < 4.78 is 5.26. The normalized spacial score (nSPS) is 10.2. The summed E-state index contributed by atoms with van der Waals surface area (Å²) in [6, 6.07) is 16.2. The SMILES string of the molecule is CCN(Cc1cc(N)cc(OC)c1)c1ccccc1. The van der Waals surface area contributed by atoms with Crippen molar-refractivity contribution in [2.24, 2.45) is 0 Å². The van der Waals surface area contributed by atoms with Crippen molar-refractivity contribution in [2.45, 2.75) is 13.5 Å². The minimum absolute atomic E-state index is 0.735. The number of hydrogen-bond acceptors (Lipinski definition) is 3. The molecule has 0 aliphatic heterocycles. The van der Waals surface area contributed by atoms with Gasteiger partial charge in [0.15, 0.2) is 0 Å². The maximum atomic E-state index is 5.89. The van der Waals surface area contributed by atoms with Gasteiger partial charge in [-0.3, -0.25) is 0 Å². The van der Waals surface area contributed by atoms with E-state index in [1.165, 1.54) is 5.69 Å². The van der Waals surface area contributed by atoms with Crippen LogP contribution >= 0.6 is 0 Å². The number of anilines is 2. The smallest absolute Gasteiger partial charge is 0.121 e. The molecule has 0 aliphatic rings. The predicted octanol–water partition coefficient (Wildman–Crippen LogP) is 3.30. The van der Waals surface area contributed by atoms with Gasteiger partial charge >= 0.3 is 0 Å². The van der Waals surface area contributed by atoms with Gasteiger partial charge in [0, 0.05) is 30.5 Å². The summed E-state index contributed by atoms with van der Waals surface area (Å²) in [5, 5.41) is 0. The molecular formula is C16H20N2O. The molecule has 0 saturated carbocycles. The number of nitrogen functional groups attached to an aromatic ring is 1. The lowest BCUT2D eigenvalue weighted by molar-refractivity contribution is 0.414. The summed E-state index contributed by atoms with van der Waals surface area (Å²) in [5.74, 6) is 0.805. The Kier molecular flexibility index (Phi) is 4.29. The second-order valence-corrected chi connectivity index (χ2v) is 4.46. The van der Waals surface area contributed by atoms with Gasteiger partial charge in [-0.25, -0.2) is 0 Å². The molecule has 3 nitrogen and oxygen atoms in total. The van der Waals surface area contributed by atoms with Crippen LogP contribution in [-0.2, 0) is 6.54 Å². The van der Waals surface area contributed by atoms with E-state index in [1.54, 1.807) is 7.11 Å². The van der Waals surface area contributed by atoms with Crippen LogP contribution in [0.5, 0.6) is 5.75 Å². The number of methoxy groups -OCH3 is 1. The summed E-state index contributed by atoms with van der Waals surface area (Å²) in [6.45, 7) is 3.92. The summed E-state index contributed by atoms with van der Waals surface area (Å²) in [5.41, 5.74) is 9.00. The van der Waals surface area contributed by atoms with E-state index in [-0.39, 0.29) is 0 Å². The third-order valence-corrected chi connectivity index (χ3v) is 3.10. The minimum atomic E-state index is 0.735. The van der Waals surface area contributed by atoms with Crippen LogP contribution in [0, 0.1) is 0 Å². The van der Waals surface area contributed by atoms with E-state index in [0.717, 1.165) is 30.1 Å². The van der Waals surface area contributed by atoms with Crippen molar-refractivity contribution in [1.82, 2.24) is 0 Å². The standard InChI is InChI=1S/C16H20N2O/c1-3-18(15-7-5-4-6-8-15)12-13-9-14(17)11-16(10-13)19-2/h4-11H,3,12,17H2,1-2H3. The Labute approximate surface area is 114 Å². The van der Waals surface area contributed by atoms with E-state index in [2.05, 4.69) is 36.1 Å². The Morgan fingerprint density at radius 3 is 2.47 bits per heavy atom. The van der Waals surface area contributed by atoms with E-state index in [1.807, 2.05) is 24.3 Å². The van der Waals surface area contributed by atoms with Crippen molar-refractivity contribution >= 4 is 11.4 Å². The number of ether oxygens (including phenoxy) is 1. The zero-order valence-electron chi connectivity index (χ0n) is 11.5. The molecule has 3 heteroatoms. The average Bonchev–Trinajstić information content (AvgIpc) is 2.45. The Morgan fingerprint density at radius 1 is 1.11 bits per heavy atom. The molecule has 2 aromatic rings. The number of benzene rings is 2. The molecular weight excluding hydrogens is 236 g/mol. The van der Waals surface area contributed by atoms with Crippen molar-refractivity contribution in [3.63, 3.8) is 0 Å². The molecule has 0 bridgehead atoms. The molecule has 0 saturated heterocycles. The fourth-order valence-electron chi connectivity index (χ4n) is 2.14. The lowest BCUT2D eigenvalue weighted by Crippen LogP contribution is -2.21. The van der Waals surface area contributed by atoms with E-state index >= 15 is 0 Å². The molecule has 0 aliphatic carbocycles. The van der Waals surface area contributed by atoms with E-state index in [0.29, 0.717) is 0 Å². The Hall–Kier alpha value is -2.16. The molecule has 2 N–H and O–H groups in total. The van der Waals surface area contributed by atoms with Crippen LogP contribution in [0.1, 0.15) is 12.5 Å². The number of nitrogens with zero attached hydrogens (tertiary/aromatic N) is 1. The summed E-state index contributed by atoms with van der Waals surface area (Å²) in [6.07, 6.45) is 0. The first-order valence-corrected chi connectivity index (χ1v) is 6.46. The van der Waals surface area contributed by atoms with Crippen LogP contribution in [0.25, 0.3) is 0 Å². The number of rotatable bonds is 5. The van der Waals surface area contributed by atoms with Gasteiger partial charge < -0.3 is 15.4 Å². The zero-order valence-corrected chi connectivity index (χ0v) is 11.5. The van der Waals surface area contributed by atoms with Crippen molar-refractivity contribution < 1.29 is 4.74 Å². The van der Waals surface area contributed by atoms with Gasteiger partial charge in [-0.05, 0) is 36.8 Å². The molecule has 0 spiro atoms. The van der Waals surface area contributed by atoms with Crippen molar-refractivity contribution in [1.29, 1.82) is 0 Å². The van der Waals surface area contributed by atoms with Gasteiger partial charge in [-0.2, -0.15) is 0 Å². The summed E-state index contributed by atoms with van der Waals surface area (Å²) in [7, 11) is 1.66. The first-order valence-electron chi connectivity index (χ1n) is 6.46. The highest BCUT2D eigenvalue weighted by molar-refractivity contribution is 5.51. The zero-order chi connectivity index (χ0) is 13.7. The maximum Gasteiger partial charge on any atom is 0.121 e. The van der Waals surface area contributed by atoms with Crippen LogP contribution in [0.3, 0.4) is 0 Å². The summed E-state index contributed by atoms with van der Waals surface area (Å²) in [4.78, 5) is 2.30. The molecule has 0 unspecified atom stereocenters. The van der Waals surface area contributed by atoms with Gasteiger partial charge in [0.2, 0.25) is 0 Å². The van der Waals surface area contributed by atoms with Crippen LogP contribution < -0.4 is 15.4 Å². The average molecular weight is 256 g/mol. The van der Waals surface area contributed by atoms with Gasteiger partial charge in [0.1, 0.15) is 5.75 Å². The van der Waals surface area contributed by atoms with Gasteiger partial charge in [0.05, 0.1) is 7.11 Å². The first-order chi connectivity index (χ1) is 9.22. The quantitative estimate of drug-likeness (QED) is 0.834. The number of nitrogens with two attached hydrogens (primary N) is 1. The maximum absolute atomic E-state index is 5.89. The van der Waals surface area contributed by atoms with Gasteiger partial charge in [0.25, 0.3) is 0 Å². The third kappa shape index (κ3) is 3.41. The molecule has 2 aromatic carbocycles. The fourth-order valence-corrected chi connectivity index (χ4v) is 2.14. The van der Waals surface area contributed by atoms with Gasteiger partial charge in [-0.1, -0.05) is 18.2 Å². The van der Waals surface area contributed by atoms with Crippen LogP contribution in [-0.4, -0.2) is 13.7 Å². The summed E-state index contributed by atoms with van der Waals surface area (Å²) >= 11 is 0. The monoisotopic (exact) mass is 256 g/mol. The Bertz CT molecular complexity index is 526. The van der Waals surface area contributed by atoms with E-state index < -0.39 is 0 Å². The minimum Gasteiger partial charge on any atom is -0.497 e. The van der Waals surface area contributed by atoms with Gasteiger partial charge in [-0.15, -0.1) is 0 Å². The molecule has 19 heavy (non-hydrogen) atoms. The van der Waals surface area contributed by atoms with Crippen molar-refractivity contribution in [3.8, 4) is 5.75 Å². The largest absolute Gasteiger partial charge is 0.497 e. The third-order valence-electron chi connectivity index (χ3n) is 3.10. The first kappa shape index (κ1) is 13.3. The molecule has 0 aromatic heterocycles. The fraction of sp³-hybridized carbons (Fsp3) is 0.250. The lowest BCUT2D eigenvalue weighted by atomic mass is 10.1. The highest BCUT2D eigenvalue weighted by atomic mass is 16.5. The molecule has 0 fully saturated rings. The number of para-hydroxylation sites is 1. The highest BCUT2D eigenvalue weighted by Gasteiger charge is 2.06. The van der Waals surface area contributed by atoms with E-state index in [4.69, 9.17) is 10.5 Å². The molecule has 0 amide bonds. The second kappa shape index (κ2) is 6.14. The van der Waals surface area contributed by atoms with Crippen molar-refractivity contribution in [3.05, 3.63) is 54.1 Å². The molecule has 0 atom stereocenters.